The molecule has 0 amide bonds. The lowest BCUT2D eigenvalue weighted by Crippen LogP contribution is -2.16. The molecule has 1 aromatic rings. The number of benzene rings is 1. The number of hydrogen-bond donors (Lipinski definition) is 1. The molecule has 0 saturated carbocycles. The van der Waals surface area contributed by atoms with Crippen LogP contribution in [0.25, 0.3) is 0 Å². The highest BCUT2D eigenvalue weighted by Gasteiger charge is 1.97. The molecule has 58 valence electrons. The van der Waals surface area contributed by atoms with Crippen LogP contribution in [0.2, 0.25) is 0 Å². The molecule has 0 bridgehead atoms. The van der Waals surface area contributed by atoms with Gasteiger partial charge in [0, 0.05) is 12.6 Å². The lowest BCUT2D eigenvalue weighted by Gasteiger charge is -2.01. The van der Waals surface area contributed by atoms with Crippen LogP contribution in [0.1, 0.15) is 5.56 Å². The van der Waals surface area contributed by atoms with Crippen molar-refractivity contribution in [3.63, 3.8) is 0 Å². The van der Waals surface area contributed by atoms with Gasteiger partial charge in [-0.2, -0.15) is 0 Å². The van der Waals surface area contributed by atoms with Crippen molar-refractivity contribution in [2.75, 3.05) is 7.05 Å². The van der Waals surface area contributed by atoms with Crippen molar-refractivity contribution in [3.05, 3.63) is 35.6 Å². The summed E-state index contributed by atoms with van der Waals surface area (Å²) in [7, 11) is 1.72. The Kier molecular flexibility index (Phi) is 2.54. The molecular weight excluding hydrogens is 161 g/mol. The lowest BCUT2D eigenvalue weighted by atomic mass is 10.2. The third-order valence-corrected chi connectivity index (χ3v) is 1.75. The van der Waals surface area contributed by atoms with Crippen molar-refractivity contribution in [1.82, 2.24) is 5.32 Å². The highest BCUT2D eigenvalue weighted by atomic mass is 32.1. The average Bonchev–Trinajstić information content (AvgIpc) is 2.03. The van der Waals surface area contributed by atoms with Gasteiger partial charge < -0.3 is 5.32 Å². The highest BCUT2D eigenvalue weighted by molar-refractivity contribution is 7.80. The van der Waals surface area contributed by atoms with E-state index in [0.717, 1.165) is 0 Å². The molecule has 3 heteroatoms. The monoisotopic (exact) mass is 169 g/mol. The maximum absolute atomic E-state index is 12.6. The third kappa shape index (κ3) is 1.98. The zero-order valence-corrected chi connectivity index (χ0v) is 6.91. The average molecular weight is 169 g/mol. The van der Waals surface area contributed by atoms with E-state index in [0.29, 0.717) is 10.6 Å². The predicted octanol–water partition coefficient (Wildman–Crippen LogP) is 1.72. The third-order valence-electron chi connectivity index (χ3n) is 1.31. The van der Waals surface area contributed by atoms with E-state index in [1.807, 2.05) is 0 Å². The first-order valence-corrected chi connectivity index (χ1v) is 3.62. The zero-order chi connectivity index (χ0) is 8.27. The maximum Gasteiger partial charge on any atom is 0.123 e. The summed E-state index contributed by atoms with van der Waals surface area (Å²) in [6.45, 7) is 0. The van der Waals surface area contributed by atoms with Crippen molar-refractivity contribution in [3.8, 4) is 0 Å². The Morgan fingerprint density at radius 1 is 1.55 bits per heavy atom. The van der Waals surface area contributed by atoms with E-state index in [1.54, 1.807) is 19.2 Å². The smallest absolute Gasteiger partial charge is 0.123 e. The molecule has 0 aliphatic heterocycles. The summed E-state index contributed by atoms with van der Waals surface area (Å²) in [6, 6.07) is 6.19. The second-order valence-electron chi connectivity index (χ2n) is 2.09. The standard InChI is InChI=1S/C8H8FNS/c1-10-8(11)6-3-2-4-7(9)5-6/h2-5H,1H3,(H,10,11). The van der Waals surface area contributed by atoms with Gasteiger partial charge in [0.2, 0.25) is 0 Å². The number of hydrogen-bond acceptors (Lipinski definition) is 1. The van der Waals surface area contributed by atoms with Crippen LogP contribution < -0.4 is 5.32 Å². The number of rotatable bonds is 1. The summed E-state index contributed by atoms with van der Waals surface area (Å²) in [5.41, 5.74) is 0.711. The van der Waals surface area contributed by atoms with Crippen molar-refractivity contribution in [2.45, 2.75) is 0 Å². The number of halogens is 1. The van der Waals surface area contributed by atoms with E-state index in [9.17, 15) is 4.39 Å². The SMILES string of the molecule is CNC(=S)c1cccc(F)c1. The Morgan fingerprint density at radius 2 is 2.27 bits per heavy atom. The molecule has 0 aliphatic rings. The molecule has 0 aliphatic carbocycles. The summed E-state index contributed by atoms with van der Waals surface area (Å²) in [5.74, 6) is -0.264. The lowest BCUT2D eigenvalue weighted by molar-refractivity contribution is 0.627. The van der Waals surface area contributed by atoms with Gasteiger partial charge in [-0.25, -0.2) is 4.39 Å². The minimum Gasteiger partial charge on any atom is -0.379 e. The van der Waals surface area contributed by atoms with Gasteiger partial charge in [-0.15, -0.1) is 0 Å². The molecule has 0 atom stereocenters. The number of thiocarbonyl (C=S) groups is 1. The van der Waals surface area contributed by atoms with Crippen LogP contribution in [0.5, 0.6) is 0 Å². The fourth-order valence-electron chi connectivity index (χ4n) is 0.774. The van der Waals surface area contributed by atoms with Gasteiger partial charge in [-0.1, -0.05) is 24.4 Å². The van der Waals surface area contributed by atoms with Crippen molar-refractivity contribution < 1.29 is 4.39 Å². The Hall–Kier alpha value is -0.960. The Morgan fingerprint density at radius 3 is 2.82 bits per heavy atom. The molecule has 0 heterocycles. The molecular formula is C8H8FNS. The van der Waals surface area contributed by atoms with Gasteiger partial charge in [0.15, 0.2) is 0 Å². The van der Waals surface area contributed by atoms with E-state index in [1.165, 1.54) is 12.1 Å². The van der Waals surface area contributed by atoms with Gasteiger partial charge in [0.05, 0.1) is 0 Å². The van der Waals surface area contributed by atoms with Gasteiger partial charge in [-0.05, 0) is 12.1 Å². The molecule has 0 spiro atoms. The van der Waals surface area contributed by atoms with E-state index in [4.69, 9.17) is 12.2 Å². The maximum atomic E-state index is 12.6. The van der Waals surface area contributed by atoms with Gasteiger partial charge >= 0.3 is 0 Å². The molecule has 0 fully saturated rings. The Balaban J connectivity index is 2.96. The van der Waals surface area contributed by atoms with E-state index >= 15 is 0 Å². The second kappa shape index (κ2) is 3.44. The van der Waals surface area contributed by atoms with Crippen LogP contribution in [0, 0.1) is 5.82 Å². The quantitative estimate of drug-likeness (QED) is 0.642. The fourth-order valence-corrected chi connectivity index (χ4v) is 0.901. The predicted molar refractivity (Wildman–Crippen MR) is 47.2 cm³/mol. The Bertz CT molecular complexity index is 273. The summed E-state index contributed by atoms with van der Waals surface area (Å²) in [6.07, 6.45) is 0. The first-order valence-electron chi connectivity index (χ1n) is 3.21. The largest absolute Gasteiger partial charge is 0.379 e. The van der Waals surface area contributed by atoms with E-state index in [2.05, 4.69) is 5.32 Å². The molecule has 0 aromatic heterocycles. The van der Waals surface area contributed by atoms with Crippen molar-refractivity contribution in [1.29, 1.82) is 0 Å². The van der Waals surface area contributed by atoms with Gasteiger partial charge in [0.1, 0.15) is 10.8 Å². The Labute approximate surface area is 70.2 Å². The summed E-state index contributed by atoms with van der Waals surface area (Å²) < 4.78 is 12.6. The first-order chi connectivity index (χ1) is 5.24. The molecule has 1 nitrogen and oxygen atoms in total. The van der Waals surface area contributed by atoms with Crippen molar-refractivity contribution >= 4 is 17.2 Å². The molecule has 11 heavy (non-hydrogen) atoms. The second-order valence-corrected chi connectivity index (χ2v) is 2.50. The summed E-state index contributed by atoms with van der Waals surface area (Å²) in [4.78, 5) is 0.560. The van der Waals surface area contributed by atoms with Crippen molar-refractivity contribution in [2.24, 2.45) is 0 Å². The normalized spacial score (nSPS) is 9.27. The minimum absolute atomic E-state index is 0.264. The van der Waals surface area contributed by atoms with E-state index < -0.39 is 0 Å². The first kappa shape index (κ1) is 8.14. The van der Waals surface area contributed by atoms with Crippen LogP contribution in [-0.4, -0.2) is 12.0 Å². The van der Waals surface area contributed by atoms with Crippen LogP contribution in [-0.2, 0) is 0 Å². The van der Waals surface area contributed by atoms with Gasteiger partial charge in [-0.3, -0.25) is 0 Å². The molecule has 0 saturated heterocycles. The molecule has 0 unspecified atom stereocenters. The topological polar surface area (TPSA) is 12.0 Å². The number of nitrogens with one attached hydrogen (secondary N) is 1. The van der Waals surface area contributed by atoms with E-state index in [-0.39, 0.29) is 5.82 Å². The zero-order valence-electron chi connectivity index (χ0n) is 6.10. The highest BCUT2D eigenvalue weighted by Crippen LogP contribution is 2.03. The molecule has 1 aromatic carbocycles. The summed E-state index contributed by atoms with van der Waals surface area (Å²) in [5, 5.41) is 2.77. The van der Waals surface area contributed by atoms with Gasteiger partial charge in [0.25, 0.3) is 0 Å². The minimum atomic E-state index is -0.264. The molecule has 1 N–H and O–H groups in total. The fraction of sp³-hybridized carbons (Fsp3) is 0.125. The molecule has 1 rings (SSSR count). The van der Waals surface area contributed by atoms with Crippen LogP contribution in [0.4, 0.5) is 4.39 Å². The summed E-state index contributed by atoms with van der Waals surface area (Å²) >= 11 is 4.90. The van der Waals surface area contributed by atoms with Crippen LogP contribution >= 0.6 is 12.2 Å². The van der Waals surface area contributed by atoms with Crippen LogP contribution in [0.15, 0.2) is 24.3 Å². The van der Waals surface area contributed by atoms with Crippen LogP contribution in [0.3, 0.4) is 0 Å². The molecule has 0 radical (unpaired) electrons.